The molecule has 22 heavy (non-hydrogen) atoms. The van der Waals surface area contributed by atoms with Crippen LogP contribution in [0.4, 0.5) is 10.5 Å². The Bertz CT molecular complexity index is 688. The van der Waals surface area contributed by atoms with E-state index >= 15 is 0 Å². The topological polar surface area (TPSA) is 71.5 Å². The zero-order chi connectivity index (χ0) is 15.4. The van der Waals surface area contributed by atoms with Crippen LogP contribution in [0.25, 0.3) is 0 Å². The molecule has 2 aromatic rings. The maximum atomic E-state index is 12.2. The summed E-state index contributed by atoms with van der Waals surface area (Å²) in [6, 6.07) is 10.6. The highest BCUT2D eigenvalue weighted by molar-refractivity contribution is 5.97. The van der Waals surface area contributed by atoms with Crippen LogP contribution in [-0.4, -0.2) is 30.1 Å². The van der Waals surface area contributed by atoms with Crippen molar-refractivity contribution in [2.24, 2.45) is 0 Å². The number of rotatable bonds is 4. The van der Waals surface area contributed by atoms with Gasteiger partial charge < -0.3 is 10.1 Å². The second-order valence-corrected chi connectivity index (χ2v) is 4.86. The molecule has 0 atom stereocenters. The lowest BCUT2D eigenvalue weighted by Crippen LogP contribution is -2.25. The Morgan fingerprint density at radius 2 is 2.23 bits per heavy atom. The van der Waals surface area contributed by atoms with Crippen LogP contribution >= 0.6 is 0 Å². The number of amides is 2. The lowest BCUT2D eigenvalue weighted by molar-refractivity contribution is 0.0951. The molecule has 6 heteroatoms. The number of nitrogens with zero attached hydrogens (tertiary/aromatic N) is 2. The summed E-state index contributed by atoms with van der Waals surface area (Å²) in [6.45, 7) is 1.28. The van der Waals surface area contributed by atoms with Crippen molar-refractivity contribution in [1.29, 1.82) is 0 Å². The number of hydrogen-bond donors (Lipinski definition) is 1. The fraction of sp³-hybridized carbons (Fsp3) is 0.188. The highest BCUT2D eigenvalue weighted by Gasteiger charge is 2.24. The van der Waals surface area contributed by atoms with E-state index in [-0.39, 0.29) is 12.0 Å². The number of nitrogens with one attached hydrogen (secondary N) is 1. The molecule has 0 saturated carbocycles. The minimum atomic E-state index is -0.382. The first-order valence-electron chi connectivity index (χ1n) is 6.95. The maximum Gasteiger partial charge on any atom is 0.414 e. The summed E-state index contributed by atoms with van der Waals surface area (Å²) in [5.74, 6) is -0.196. The first kappa shape index (κ1) is 14.1. The fourth-order valence-electron chi connectivity index (χ4n) is 2.23. The third-order valence-electron chi connectivity index (χ3n) is 3.36. The summed E-state index contributed by atoms with van der Waals surface area (Å²) in [5, 5.41) is 2.83. The van der Waals surface area contributed by atoms with Crippen LogP contribution in [0, 0.1) is 0 Å². The molecule has 1 fully saturated rings. The zero-order valence-corrected chi connectivity index (χ0v) is 11.9. The molecule has 1 aliphatic heterocycles. The fourth-order valence-corrected chi connectivity index (χ4v) is 2.23. The number of anilines is 1. The van der Waals surface area contributed by atoms with Gasteiger partial charge in [0.2, 0.25) is 0 Å². The average Bonchev–Trinajstić information content (AvgIpc) is 3.00. The van der Waals surface area contributed by atoms with Crippen molar-refractivity contribution >= 4 is 17.7 Å². The molecule has 0 aliphatic carbocycles. The molecule has 0 radical (unpaired) electrons. The highest BCUT2D eigenvalue weighted by atomic mass is 16.6. The van der Waals surface area contributed by atoms with Crippen LogP contribution in [0.15, 0.2) is 48.8 Å². The van der Waals surface area contributed by atoms with Gasteiger partial charge in [-0.1, -0.05) is 12.1 Å². The van der Waals surface area contributed by atoms with Gasteiger partial charge in [-0.15, -0.1) is 0 Å². The van der Waals surface area contributed by atoms with E-state index in [1.807, 2.05) is 12.1 Å². The Hall–Kier alpha value is -2.89. The normalized spacial score (nSPS) is 13.8. The first-order valence-corrected chi connectivity index (χ1v) is 6.95. The van der Waals surface area contributed by atoms with Gasteiger partial charge in [0.05, 0.1) is 6.54 Å². The number of ether oxygens (including phenoxy) is 1. The largest absolute Gasteiger partial charge is 0.447 e. The molecule has 2 amide bonds. The summed E-state index contributed by atoms with van der Waals surface area (Å²) in [6.07, 6.45) is 3.01. The summed E-state index contributed by atoms with van der Waals surface area (Å²) in [5.41, 5.74) is 2.09. The summed E-state index contributed by atoms with van der Waals surface area (Å²) >= 11 is 0. The second-order valence-electron chi connectivity index (χ2n) is 4.86. The van der Waals surface area contributed by atoms with E-state index in [2.05, 4.69) is 10.3 Å². The van der Waals surface area contributed by atoms with E-state index in [0.29, 0.717) is 30.9 Å². The number of carbonyl (C=O) groups excluding carboxylic acids is 2. The molecule has 1 aromatic heterocycles. The van der Waals surface area contributed by atoms with Gasteiger partial charge in [0.25, 0.3) is 5.91 Å². The lowest BCUT2D eigenvalue weighted by atomic mass is 10.1. The third kappa shape index (κ3) is 3.06. The average molecular weight is 297 g/mol. The predicted molar refractivity (Wildman–Crippen MR) is 80.5 cm³/mol. The molecule has 1 aromatic carbocycles. The molecule has 2 heterocycles. The van der Waals surface area contributed by atoms with Crippen molar-refractivity contribution in [3.05, 3.63) is 59.9 Å². The van der Waals surface area contributed by atoms with Crippen molar-refractivity contribution < 1.29 is 14.3 Å². The Morgan fingerprint density at radius 3 is 2.95 bits per heavy atom. The van der Waals surface area contributed by atoms with Gasteiger partial charge in [-0.2, -0.15) is 0 Å². The van der Waals surface area contributed by atoms with Crippen molar-refractivity contribution in [1.82, 2.24) is 10.3 Å². The van der Waals surface area contributed by atoms with Crippen molar-refractivity contribution in [3.63, 3.8) is 0 Å². The Morgan fingerprint density at radius 1 is 1.32 bits per heavy atom. The third-order valence-corrected chi connectivity index (χ3v) is 3.36. The molecule has 0 bridgehead atoms. The Balaban J connectivity index is 1.69. The van der Waals surface area contributed by atoms with Crippen LogP contribution in [0.5, 0.6) is 0 Å². The van der Waals surface area contributed by atoms with Gasteiger partial charge >= 0.3 is 6.09 Å². The van der Waals surface area contributed by atoms with E-state index in [0.717, 1.165) is 5.56 Å². The molecule has 1 saturated heterocycles. The highest BCUT2D eigenvalue weighted by Crippen LogP contribution is 2.20. The van der Waals surface area contributed by atoms with Crippen LogP contribution < -0.4 is 10.2 Å². The standard InChI is InChI=1S/C16H15N3O3/c20-15(18-11-12-3-2-6-17-10-12)13-4-1-5-14(9-13)19-7-8-22-16(19)21/h1-6,9-10H,7-8,11H2,(H,18,20). The van der Waals surface area contributed by atoms with E-state index < -0.39 is 0 Å². The molecule has 1 N–H and O–H groups in total. The summed E-state index contributed by atoms with van der Waals surface area (Å²) in [7, 11) is 0. The minimum absolute atomic E-state index is 0.196. The predicted octanol–water partition coefficient (Wildman–Crippen LogP) is 1.97. The molecule has 1 aliphatic rings. The number of pyridine rings is 1. The number of carbonyl (C=O) groups is 2. The summed E-state index contributed by atoms with van der Waals surface area (Å²) in [4.78, 5) is 29.3. The molecule has 0 unspecified atom stereocenters. The van der Waals surface area contributed by atoms with Crippen molar-refractivity contribution in [2.75, 3.05) is 18.1 Å². The van der Waals surface area contributed by atoms with Gasteiger partial charge in [-0.25, -0.2) is 4.79 Å². The molecule has 3 rings (SSSR count). The van der Waals surface area contributed by atoms with E-state index in [9.17, 15) is 9.59 Å². The smallest absolute Gasteiger partial charge is 0.414 e. The maximum absolute atomic E-state index is 12.2. The number of aromatic nitrogens is 1. The number of hydrogen-bond acceptors (Lipinski definition) is 4. The quantitative estimate of drug-likeness (QED) is 0.936. The van der Waals surface area contributed by atoms with Gasteiger partial charge in [0.1, 0.15) is 6.61 Å². The molecule has 6 nitrogen and oxygen atoms in total. The van der Waals surface area contributed by atoms with Crippen LogP contribution in [0.2, 0.25) is 0 Å². The minimum Gasteiger partial charge on any atom is -0.447 e. The molecular weight excluding hydrogens is 282 g/mol. The van der Waals surface area contributed by atoms with Crippen molar-refractivity contribution in [2.45, 2.75) is 6.54 Å². The number of benzene rings is 1. The van der Waals surface area contributed by atoms with Gasteiger partial charge in [-0.3, -0.25) is 14.7 Å². The Kier molecular flexibility index (Phi) is 4.00. The van der Waals surface area contributed by atoms with Gasteiger partial charge in [0, 0.05) is 30.2 Å². The van der Waals surface area contributed by atoms with Crippen molar-refractivity contribution in [3.8, 4) is 0 Å². The SMILES string of the molecule is O=C(NCc1cccnc1)c1cccc(N2CCOC2=O)c1. The molecular formula is C16H15N3O3. The van der Waals surface area contributed by atoms with E-state index in [4.69, 9.17) is 4.74 Å². The first-order chi connectivity index (χ1) is 10.7. The monoisotopic (exact) mass is 297 g/mol. The molecule has 0 spiro atoms. The zero-order valence-electron chi connectivity index (χ0n) is 11.9. The van der Waals surface area contributed by atoms with Crippen LogP contribution in [0.1, 0.15) is 15.9 Å². The Labute approximate surface area is 127 Å². The number of cyclic esters (lactones) is 1. The lowest BCUT2D eigenvalue weighted by Gasteiger charge is -2.13. The van der Waals surface area contributed by atoms with Crippen LogP contribution in [0.3, 0.4) is 0 Å². The van der Waals surface area contributed by atoms with E-state index in [1.54, 1.807) is 36.7 Å². The van der Waals surface area contributed by atoms with Gasteiger partial charge in [-0.05, 0) is 29.8 Å². The van der Waals surface area contributed by atoms with Gasteiger partial charge in [0.15, 0.2) is 0 Å². The second kappa shape index (κ2) is 6.26. The molecule has 112 valence electrons. The van der Waals surface area contributed by atoms with Crippen LogP contribution in [-0.2, 0) is 11.3 Å². The summed E-state index contributed by atoms with van der Waals surface area (Å²) < 4.78 is 4.91. The van der Waals surface area contributed by atoms with E-state index in [1.165, 1.54) is 4.90 Å².